The van der Waals surface area contributed by atoms with Gasteiger partial charge in [-0.3, -0.25) is 9.79 Å². The fourth-order valence-electron chi connectivity index (χ4n) is 1.71. The Morgan fingerprint density at radius 1 is 1.30 bits per heavy atom. The number of aliphatic imine (C=N–C) groups is 1. The van der Waals surface area contributed by atoms with Crippen LogP contribution >= 0.6 is 12.6 Å². The molecule has 0 bridgehead atoms. The lowest BCUT2D eigenvalue weighted by Crippen LogP contribution is -1.97. The molecule has 23 heavy (non-hydrogen) atoms. The number of rotatable bonds is 7. The topological polar surface area (TPSA) is 29.4 Å². The molecule has 0 amide bonds. The predicted octanol–water partition coefficient (Wildman–Crippen LogP) is 4.42. The first kappa shape index (κ1) is 18.5. The molecular weight excluding hydrogens is 302 g/mol. The minimum atomic E-state index is 0.0330. The van der Waals surface area contributed by atoms with Crippen LogP contribution in [-0.4, -0.2) is 18.5 Å². The third-order valence-corrected chi connectivity index (χ3v) is 3.24. The highest BCUT2D eigenvalue weighted by atomic mass is 32.1. The molecule has 0 unspecified atom stereocenters. The third kappa shape index (κ3) is 6.82. The smallest absolute Gasteiger partial charge is 0.166 e. The molecule has 116 valence electrons. The number of benzene rings is 1. The number of carbonyl (C=O) groups is 1. The number of carbonyl (C=O) groups excluding carboxylic acids is 1. The molecule has 0 heterocycles. The van der Waals surface area contributed by atoms with Crippen LogP contribution < -0.4 is 0 Å². The average molecular weight is 321 g/mol. The maximum atomic E-state index is 12.1. The van der Waals surface area contributed by atoms with Crippen LogP contribution in [0, 0.1) is 12.3 Å². The van der Waals surface area contributed by atoms with Crippen LogP contribution in [0.4, 0.5) is 0 Å². The van der Waals surface area contributed by atoms with Crippen molar-refractivity contribution < 1.29 is 4.79 Å². The van der Waals surface area contributed by atoms with E-state index >= 15 is 0 Å². The van der Waals surface area contributed by atoms with Gasteiger partial charge in [-0.25, -0.2) is 0 Å². The Bertz CT molecular complexity index is 713. The van der Waals surface area contributed by atoms with E-state index in [0.29, 0.717) is 12.0 Å². The van der Waals surface area contributed by atoms with Gasteiger partial charge < -0.3 is 0 Å². The Morgan fingerprint density at radius 2 is 2.00 bits per heavy atom. The lowest BCUT2D eigenvalue weighted by molar-refractivity contribution is 0.0996. The van der Waals surface area contributed by atoms with Crippen molar-refractivity contribution in [3.63, 3.8) is 0 Å². The fourth-order valence-corrected chi connectivity index (χ4v) is 1.89. The summed E-state index contributed by atoms with van der Waals surface area (Å²) in [5.41, 5.74) is 2.16. The molecule has 0 fully saturated rings. The number of hydrogen-bond donors (Lipinski definition) is 1. The summed E-state index contributed by atoms with van der Waals surface area (Å²) in [5.74, 6) is 2.56. The summed E-state index contributed by atoms with van der Waals surface area (Å²) in [6.45, 7) is 3.60. The number of nitrogens with zero attached hydrogens (tertiary/aromatic N) is 1. The highest BCUT2D eigenvalue weighted by molar-refractivity contribution is 7.84. The van der Waals surface area contributed by atoms with Gasteiger partial charge in [0.25, 0.3) is 0 Å². The van der Waals surface area contributed by atoms with Crippen LogP contribution in [0.5, 0.6) is 0 Å². The number of allylic oxidation sites excluding steroid dienone is 6. The zero-order chi connectivity index (χ0) is 17.1. The lowest BCUT2D eigenvalue weighted by Gasteiger charge is -1.98. The van der Waals surface area contributed by atoms with Gasteiger partial charge in [0.1, 0.15) is 0 Å². The quantitative estimate of drug-likeness (QED) is 0.260. The second-order valence-corrected chi connectivity index (χ2v) is 5.08. The van der Waals surface area contributed by atoms with Crippen molar-refractivity contribution >= 4 is 24.1 Å². The second-order valence-electron chi connectivity index (χ2n) is 4.56. The van der Waals surface area contributed by atoms with Crippen LogP contribution in [0.15, 0.2) is 77.2 Å². The molecule has 1 aromatic carbocycles. The minimum absolute atomic E-state index is 0.0330. The summed E-state index contributed by atoms with van der Waals surface area (Å²) in [6, 6.07) is 7.01. The molecule has 0 aliphatic heterocycles. The molecule has 1 rings (SSSR count). The van der Waals surface area contributed by atoms with E-state index in [1.807, 2.05) is 12.2 Å². The average Bonchev–Trinajstić information content (AvgIpc) is 2.58. The Kier molecular flexibility index (Phi) is 8.20. The largest absolute Gasteiger partial charge is 0.294 e. The molecule has 0 radical (unpaired) electrons. The van der Waals surface area contributed by atoms with Crippen molar-refractivity contribution in [2.24, 2.45) is 4.99 Å². The first-order valence-corrected chi connectivity index (χ1v) is 7.48. The fraction of sp³-hybridized carbons (Fsp3) is 0.100. The molecule has 0 aliphatic rings. The maximum Gasteiger partial charge on any atom is 0.166 e. The van der Waals surface area contributed by atoms with Crippen LogP contribution in [0.3, 0.4) is 0 Å². The van der Waals surface area contributed by atoms with E-state index in [1.165, 1.54) is 0 Å². The van der Waals surface area contributed by atoms with Gasteiger partial charge in [-0.1, -0.05) is 36.8 Å². The van der Waals surface area contributed by atoms with Crippen LogP contribution in [-0.2, 0) is 0 Å². The summed E-state index contributed by atoms with van der Waals surface area (Å²) in [5, 5.41) is 0. The Balaban J connectivity index is 2.65. The molecule has 0 aromatic heterocycles. The molecule has 0 saturated heterocycles. The molecule has 2 nitrogen and oxygen atoms in total. The van der Waals surface area contributed by atoms with E-state index in [1.54, 1.807) is 55.6 Å². The first-order chi connectivity index (χ1) is 11.1. The number of hydrogen-bond acceptors (Lipinski definition) is 3. The van der Waals surface area contributed by atoms with Gasteiger partial charge in [0, 0.05) is 29.5 Å². The summed E-state index contributed by atoms with van der Waals surface area (Å²) in [7, 11) is 1.69. The molecular formula is C20H19NOS. The molecule has 0 atom stereocenters. The number of Topliss-reactive ketones (excluding diaryl/α,β-unsaturated/α-hetero) is 1. The van der Waals surface area contributed by atoms with E-state index in [9.17, 15) is 4.79 Å². The van der Waals surface area contributed by atoms with Gasteiger partial charge in [0.2, 0.25) is 0 Å². The zero-order valence-electron chi connectivity index (χ0n) is 13.1. The van der Waals surface area contributed by atoms with E-state index < -0.39 is 0 Å². The SMILES string of the molecule is C#Cc1ccc(C(=O)C/C=C\C(/C=C/C(S)=C/C=C)=NC)cc1. The Morgan fingerprint density at radius 3 is 2.57 bits per heavy atom. The molecule has 1 aromatic rings. The predicted molar refractivity (Wildman–Crippen MR) is 102 cm³/mol. The lowest BCUT2D eigenvalue weighted by atomic mass is 10.1. The first-order valence-electron chi connectivity index (χ1n) is 7.03. The second kappa shape index (κ2) is 10.2. The summed E-state index contributed by atoms with van der Waals surface area (Å²) >= 11 is 4.27. The number of ketones is 1. The van der Waals surface area contributed by atoms with Crippen molar-refractivity contribution in [1.82, 2.24) is 0 Å². The normalized spacial score (nSPS) is 12.6. The van der Waals surface area contributed by atoms with Gasteiger partial charge in [0.15, 0.2) is 5.78 Å². The number of thiol groups is 1. The molecule has 0 aliphatic carbocycles. The van der Waals surface area contributed by atoms with Crippen LogP contribution in [0.2, 0.25) is 0 Å². The highest BCUT2D eigenvalue weighted by Crippen LogP contribution is 2.07. The molecule has 0 spiro atoms. The number of terminal acetylenes is 1. The Hall–Kier alpha value is -2.57. The molecule has 0 saturated carbocycles. The third-order valence-electron chi connectivity index (χ3n) is 2.94. The monoisotopic (exact) mass is 321 g/mol. The zero-order valence-corrected chi connectivity index (χ0v) is 14.0. The van der Waals surface area contributed by atoms with E-state index in [4.69, 9.17) is 6.42 Å². The van der Waals surface area contributed by atoms with Crippen molar-refractivity contribution in [2.75, 3.05) is 7.05 Å². The summed E-state index contributed by atoms with van der Waals surface area (Å²) in [6.07, 6.45) is 16.3. The van der Waals surface area contributed by atoms with Crippen LogP contribution in [0.25, 0.3) is 0 Å². The van der Waals surface area contributed by atoms with E-state index in [2.05, 4.69) is 30.1 Å². The van der Waals surface area contributed by atoms with Crippen molar-refractivity contribution in [3.8, 4) is 12.3 Å². The van der Waals surface area contributed by atoms with E-state index in [-0.39, 0.29) is 5.78 Å². The van der Waals surface area contributed by atoms with Gasteiger partial charge in [-0.15, -0.1) is 19.1 Å². The van der Waals surface area contributed by atoms with E-state index in [0.717, 1.165) is 16.2 Å². The molecule has 0 N–H and O–H groups in total. The maximum absolute atomic E-state index is 12.1. The van der Waals surface area contributed by atoms with Crippen molar-refractivity contribution in [2.45, 2.75) is 6.42 Å². The van der Waals surface area contributed by atoms with Gasteiger partial charge in [0.05, 0.1) is 5.71 Å². The summed E-state index contributed by atoms with van der Waals surface area (Å²) < 4.78 is 0. The molecule has 3 heteroatoms. The summed E-state index contributed by atoms with van der Waals surface area (Å²) in [4.78, 5) is 17.0. The van der Waals surface area contributed by atoms with Crippen LogP contribution in [0.1, 0.15) is 22.3 Å². The van der Waals surface area contributed by atoms with Crippen molar-refractivity contribution in [3.05, 3.63) is 83.3 Å². The van der Waals surface area contributed by atoms with Gasteiger partial charge in [-0.05, 0) is 36.4 Å². The standard InChI is InChI=1S/C20H19NOS/c1-4-7-19(23)15-14-18(21-3)8-6-9-20(22)17-12-10-16(5-2)11-13-17/h2,4,6-8,10-15,23H,1,9H2,3H3/b8-6-,15-14+,19-7-,21-18?. The van der Waals surface area contributed by atoms with Gasteiger partial charge >= 0.3 is 0 Å². The van der Waals surface area contributed by atoms with Crippen molar-refractivity contribution in [1.29, 1.82) is 0 Å². The van der Waals surface area contributed by atoms with Gasteiger partial charge in [-0.2, -0.15) is 0 Å². The minimum Gasteiger partial charge on any atom is -0.294 e. The highest BCUT2D eigenvalue weighted by Gasteiger charge is 2.02. The Labute approximate surface area is 143 Å².